The number of hydrogen-bond donors (Lipinski definition) is 0. The maximum Gasteiger partial charge on any atom is 0.0731 e. The van der Waals surface area contributed by atoms with Gasteiger partial charge in [-0.3, -0.25) is 4.90 Å². The summed E-state index contributed by atoms with van der Waals surface area (Å²) in [5, 5.41) is 0. The molecule has 0 bridgehead atoms. The van der Waals surface area contributed by atoms with Crippen LogP contribution >= 0.6 is 11.8 Å². The Morgan fingerprint density at radius 2 is 2.38 bits per heavy atom. The van der Waals surface area contributed by atoms with E-state index in [1.165, 1.54) is 38.1 Å². The summed E-state index contributed by atoms with van der Waals surface area (Å²) in [7, 11) is 0. The highest BCUT2D eigenvalue weighted by molar-refractivity contribution is 7.98. The van der Waals surface area contributed by atoms with Gasteiger partial charge in [0.2, 0.25) is 0 Å². The minimum atomic E-state index is 0.565. The molecule has 3 heteroatoms. The molecule has 0 amide bonds. The number of rotatable bonds is 3. The van der Waals surface area contributed by atoms with Gasteiger partial charge in [0.15, 0.2) is 0 Å². The van der Waals surface area contributed by atoms with Gasteiger partial charge in [0, 0.05) is 24.9 Å². The molecule has 2 fully saturated rings. The Morgan fingerprint density at radius 1 is 1.46 bits per heavy atom. The molecule has 2 aliphatic heterocycles. The lowest BCUT2D eigenvalue weighted by Crippen LogP contribution is -2.46. The van der Waals surface area contributed by atoms with Gasteiger partial charge in [-0.25, -0.2) is 0 Å². The van der Waals surface area contributed by atoms with Gasteiger partial charge in [-0.2, -0.15) is 11.8 Å². The molecular formula is C10H19NOS. The van der Waals surface area contributed by atoms with Crippen LogP contribution in [0.15, 0.2) is 0 Å². The van der Waals surface area contributed by atoms with E-state index in [2.05, 4.69) is 11.2 Å². The van der Waals surface area contributed by atoms with E-state index in [4.69, 9.17) is 4.74 Å². The first-order valence-electron chi connectivity index (χ1n) is 5.26. The van der Waals surface area contributed by atoms with E-state index >= 15 is 0 Å². The predicted octanol–water partition coefficient (Wildman–Crippen LogP) is 1.60. The quantitative estimate of drug-likeness (QED) is 0.688. The molecule has 0 saturated carbocycles. The molecule has 2 unspecified atom stereocenters. The highest BCUT2D eigenvalue weighted by Gasteiger charge is 2.35. The SMILES string of the molecule is CSCCN1CCCC2OCCC21. The lowest BCUT2D eigenvalue weighted by atomic mass is 9.99. The molecule has 0 aliphatic carbocycles. The Morgan fingerprint density at radius 3 is 3.23 bits per heavy atom. The fraction of sp³-hybridized carbons (Fsp3) is 1.00. The summed E-state index contributed by atoms with van der Waals surface area (Å²) in [6, 6.07) is 0.751. The average molecular weight is 201 g/mol. The molecule has 2 atom stereocenters. The minimum Gasteiger partial charge on any atom is -0.377 e. The van der Waals surface area contributed by atoms with E-state index in [1.807, 2.05) is 11.8 Å². The Labute approximate surface area is 85.0 Å². The number of ether oxygens (including phenoxy) is 1. The predicted molar refractivity (Wildman–Crippen MR) is 57.3 cm³/mol. The van der Waals surface area contributed by atoms with Crippen LogP contribution in [0.25, 0.3) is 0 Å². The van der Waals surface area contributed by atoms with Crippen LogP contribution in [0.1, 0.15) is 19.3 Å². The van der Waals surface area contributed by atoms with Crippen molar-refractivity contribution in [3.63, 3.8) is 0 Å². The molecule has 2 saturated heterocycles. The number of nitrogens with zero attached hydrogens (tertiary/aromatic N) is 1. The molecular weight excluding hydrogens is 182 g/mol. The third-order valence-electron chi connectivity index (χ3n) is 3.16. The Balaban J connectivity index is 1.86. The highest BCUT2D eigenvalue weighted by Crippen LogP contribution is 2.27. The maximum atomic E-state index is 5.72. The van der Waals surface area contributed by atoms with E-state index in [0.717, 1.165) is 12.6 Å². The van der Waals surface area contributed by atoms with Crippen molar-refractivity contribution in [3.05, 3.63) is 0 Å². The van der Waals surface area contributed by atoms with Crippen molar-refractivity contribution in [2.24, 2.45) is 0 Å². The average Bonchev–Trinajstić information content (AvgIpc) is 2.62. The fourth-order valence-electron chi connectivity index (χ4n) is 2.48. The van der Waals surface area contributed by atoms with E-state index in [-0.39, 0.29) is 0 Å². The Hall–Kier alpha value is 0.270. The summed E-state index contributed by atoms with van der Waals surface area (Å²) < 4.78 is 5.72. The molecule has 2 rings (SSSR count). The standard InChI is InChI=1S/C10H19NOS/c1-13-8-6-11-5-2-3-10-9(11)4-7-12-10/h9-10H,2-8H2,1H3. The number of thioether (sulfide) groups is 1. The number of likely N-dealkylation sites (tertiary alicyclic amines) is 1. The Bertz CT molecular complexity index is 165. The zero-order chi connectivity index (χ0) is 9.10. The third kappa shape index (κ3) is 2.20. The normalized spacial score (nSPS) is 34.8. The fourth-order valence-corrected chi connectivity index (χ4v) is 2.90. The van der Waals surface area contributed by atoms with Crippen LogP contribution in [0.3, 0.4) is 0 Å². The topological polar surface area (TPSA) is 12.5 Å². The van der Waals surface area contributed by atoms with Crippen LogP contribution < -0.4 is 0 Å². The van der Waals surface area contributed by atoms with Crippen molar-refractivity contribution in [1.82, 2.24) is 4.90 Å². The van der Waals surface area contributed by atoms with Crippen molar-refractivity contribution in [2.75, 3.05) is 31.7 Å². The van der Waals surface area contributed by atoms with E-state index < -0.39 is 0 Å². The smallest absolute Gasteiger partial charge is 0.0731 e. The Kier molecular flexibility index (Phi) is 3.52. The molecule has 0 N–H and O–H groups in total. The van der Waals surface area contributed by atoms with Crippen molar-refractivity contribution in [1.29, 1.82) is 0 Å². The van der Waals surface area contributed by atoms with Gasteiger partial charge < -0.3 is 4.74 Å². The lowest BCUT2D eigenvalue weighted by Gasteiger charge is -2.36. The number of hydrogen-bond acceptors (Lipinski definition) is 3. The van der Waals surface area contributed by atoms with E-state index in [0.29, 0.717) is 6.10 Å². The first-order valence-corrected chi connectivity index (χ1v) is 6.66. The van der Waals surface area contributed by atoms with E-state index in [1.54, 1.807) is 0 Å². The van der Waals surface area contributed by atoms with Gasteiger partial charge >= 0.3 is 0 Å². The van der Waals surface area contributed by atoms with Crippen molar-refractivity contribution < 1.29 is 4.74 Å². The van der Waals surface area contributed by atoms with Crippen molar-refractivity contribution in [3.8, 4) is 0 Å². The zero-order valence-corrected chi connectivity index (χ0v) is 9.18. The molecule has 2 aliphatic rings. The second kappa shape index (κ2) is 4.67. The molecule has 76 valence electrons. The second-order valence-electron chi connectivity index (χ2n) is 3.94. The molecule has 2 nitrogen and oxygen atoms in total. The maximum absolute atomic E-state index is 5.72. The van der Waals surface area contributed by atoms with Crippen LogP contribution in [-0.4, -0.2) is 48.8 Å². The zero-order valence-electron chi connectivity index (χ0n) is 8.37. The molecule has 0 aromatic carbocycles. The van der Waals surface area contributed by atoms with Crippen LogP contribution in [0.2, 0.25) is 0 Å². The van der Waals surface area contributed by atoms with Gasteiger partial charge in [-0.05, 0) is 32.1 Å². The number of piperidine rings is 1. The van der Waals surface area contributed by atoms with Gasteiger partial charge in [0.1, 0.15) is 0 Å². The van der Waals surface area contributed by atoms with Gasteiger partial charge in [-0.1, -0.05) is 0 Å². The summed E-state index contributed by atoms with van der Waals surface area (Å²) in [4.78, 5) is 2.64. The van der Waals surface area contributed by atoms with Gasteiger partial charge in [0.25, 0.3) is 0 Å². The van der Waals surface area contributed by atoms with E-state index in [9.17, 15) is 0 Å². The van der Waals surface area contributed by atoms with Crippen LogP contribution in [0.4, 0.5) is 0 Å². The molecule has 0 radical (unpaired) electrons. The molecule has 0 aromatic rings. The second-order valence-corrected chi connectivity index (χ2v) is 4.92. The number of fused-ring (bicyclic) bond motifs is 1. The molecule has 13 heavy (non-hydrogen) atoms. The third-order valence-corrected chi connectivity index (χ3v) is 3.75. The summed E-state index contributed by atoms with van der Waals surface area (Å²) in [5.41, 5.74) is 0. The van der Waals surface area contributed by atoms with Crippen LogP contribution in [-0.2, 0) is 4.74 Å². The van der Waals surface area contributed by atoms with Gasteiger partial charge in [0.05, 0.1) is 6.10 Å². The van der Waals surface area contributed by atoms with Crippen LogP contribution in [0.5, 0.6) is 0 Å². The van der Waals surface area contributed by atoms with Crippen molar-refractivity contribution in [2.45, 2.75) is 31.4 Å². The molecule has 0 spiro atoms. The summed E-state index contributed by atoms with van der Waals surface area (Å²) in [6.07, 6.45) is 6.64. The van der Waals surface area contributed by atoms with Crippen molar-refractivity contribution >= 4 is 11.8 Å². The first-order chi connectivity index (χ1) is 6.42. The monoisotopic (exact) mass is 201 g/mol. The lowest BCUT2D eigenvalue weighted by molar-refractivity contribution is 0.0293. The highest BCUT2D eigenvalue weighted by atomic mass is 32.2. The molecule has 0 aromatic heterocycles. The summed E-state index contributed by atoms with van der Waals surface area (Å²) in [5.74, 6) is 1.27. The van der Waals surface area contributed by atoms with Crippen LogP contribution in [0, 0.1) is 0 Å². The first kappa shape index (κ1) is 9.81. The summed E-state index contributed by atoms with van der Waals surface area (Å²) >= 11 is 1.95. The summed E-state index contributed by atoms with van der Waals surface area (Å²) in [6.45, 7) is 3.54. The minimum absolute atomic E-state index is 0.565. The van der Waals surface area contributed by atoms with Gasteiger partial charge in [-0.15, -0.1) is 0 Å². The molecule has 2 heterocycles. The largest absolute Gasteiger partial charge is 0.377 e.